The van der Waals surface area contributed by atoms with Crippen LogP contribution >= 0.6 is 0 Å². The van der Waals surface area contributed by atoms with E-state index in [2.05, 4.69) is 4.74 Å². The predicted octanol–water partition coefficient (Wildman–Crippen LogP) is 1.18. The highest BCUT2D eigenvalue weighted by atomic mass is 16.5. The van der Waals surface area contributed by atoms with Crippen LogP contribution in [-0.4, -0.2) is 13.7 Å². The minimum atomic E-state index is 0.194. The summed E-state index contributed by atoms with van der Waals surface area (Å²) in [6.07, 6.45) is 0. The number of nitrogens with zero attached hydrogens (tertiary/aromatic N) is 1. The molecule has 0 saturated carbocycles. The van der Waals surface area contributed by atoms with Crippen molar-refractivity contribution in [3.8, 4) is 6.07 Å². The van der Waals surface area contributed by atoms with E-state index < -0.39 is 0 Å². The molecule has 0 heterocycles. The minimum absolute atomic E-state index is 0.194. The molecule has 0 unspecified atom stereocenters. The minimum Gasteiger partial charge on any atom is -0.370 e. The standard InChI is InChI=1S/C3H5NO.C2H6/c1-5-3-2-4;1-2/h3H2,1H3;1-2H3. The second-order valence-electron chi connectivity index (χ2n) is 0.591. The predicted molar refractivity (Wildman–Crippen MR) is 28.8 cm³/mol. The van der Waals surface area contributed by atoms with Crippen molar-refractivity contribution in [2.75, 3.05) is 13.7 Å². The number of rotatable bonds is 1. The summed E-state index contributed by atoms with van der Waals surface area (Å²) in [6.45, 7) is 4.19. The molecule has 0 rings (SSSR count). The molecular weight excluding hydrogens is 90.1 g/mol. The second kappa shape index (κ2) is 18.0. The molecule has 2 heteroatoms. The first-order chi connectivity index (χ1) is 3.41. The van der Waals surface area contributed by atoms with Crippen LogP contribution in [0.4, 0.5) is 0 Å². The van der Waals surface area contributed by atoms with E-state index in [0.29, 0.717) is 0 Å². The van der Waals surface area contributed by atoms with Crippen LogP contribution in [0, 0.1) is 11.3 Å². The van der Waals surface area contributed by atoms with Gasteiger partial charge in [-0.25, -0.2) is 0 Å². The molecule has 0 aliphatic heterocycles. The molecule has 0 N–H and O–H groups in total. The van der Waals surface area contributed by atoms with Crippen LogP contribution in [0.5, 0.6) is 0 Å². The topological polar surface area (TPSA) is 33.0 Å². The van der Waals surface area contributed by atoms with Crippen molar-refractivity contribution in [1.29, 1.82) is 5.26 Å². The zero-order valence-electron chi connectivity index (χ0n) is 5.06. The fourth-order valence-electron chi connectivity index (χ4n) is 0.0645. The molecule has 0 bridgehead atoms. The van der Waals surface area contributed by atoms with Gasteiger partial charge in [0.2, 0.25) is 0 Å². The Bertz CT molecular complexity index is 46.5. The van der Waals surface area contributed by atoms with Gasteiger partial charge in [0, 0.05) is 7.11 Å². The van der Waals surface area contributed by atoms with Crippen LogP contribution in [0.2, 0.25) is 0 Å². The molecule has 7 heavy (non-hydrogen) atoms. The van der Waals surface area contributed by atoms with Gasteiger partial charge < -0.3 is 4.74 Å². The molecule has 0 radical (unpaired) electrons. The summed E-state index contributed by atoms with van der Waals surface area (Å²) in [5.74, 6) is 0. The molecule has 0 spiro atoms. The Balaban J connectivity index is 0. The van der Waals surface area contributed by atoms with Crippen LogP contribution in [0.25, 0.3) is 0 Å². The maximum Gasteiger partial charge on any atom is 0.133 e. The quantitative estimate of drug-likeness (QED) is 0.497. The molecule has 2 nitrogen and oxygen atoms in total. The van der Waals surface area contributed by atoms with E-state index in [4.69, 9.17) is 5.26 Å². The third kappa shape index (κ3) is 30.9. The van der Waals surface area contributed by atoms with Gasteiger partial charge in [-0.05, 0) is 0 Å². The number of ether oxygens (including phenoxy) is 1. The van der Waals surface area contributed by atoms with E-state index in [-0.39, 0.29) is 6.61 Å². The number of hydrogen-bond acceptors (Lipinski definition) is 2. The van der Waals surface area contributed by atoms with Crippen LogP contribution in [0.3, 0.4) is 0 Å². The van der Waals surface area contributed by atoms with Gasteiger partial charge in [0.05, 0.1) is 6.07 Å². The van der Waals surface area contributed by atoms with E-state index >= 15 is 0 Å². The van der Waals surface area contributed by atoms with Gasteiger partial charge >= 0.3 is 0 Å². The van der Waals surface area contributed by atoms with Gasteiger partial charge in [-0.3, -0.25) is 0 Å². The first kappa shape index (κ1) is 9.67. The fourth-order valence-corrected chi connectivity index (χ4v) is 0.0645. The van der Waals surface area contributed by atoms with Crippen molar-refractivity contribution < 1.29 is 4.74 Å². The van der Waals surface area contributed by atoms with Gasteiger partial charge in [0.15, 0.2) is 0 Å². The van der Waals surface area contributed by atoms with Gasteiger partial charge in [-0.2, -0.15) is 5.26 Å². The van der Waals surface area contributed by atoms with Crippen molar-refractivity contribution in [2.24, 2.45) is 0 Å². The highest BCUT2D eigenvalue weighted by molar-refractivity contribution is 4.64. The smallest absolute Gasteiger partial charge is 0.133 e. The Hall–Kier alpha value is -0.550. The summed E-state index contributed by atoms with van der Waals surface area (Å²) >= 11 is 0. The second-order valence-corrected chi connectivity index (χ2v) is 0.591. The largest absolute Gasteiger partial charge is 0.370 e. The molecule has 0 amide bonds. The molecule has 0 saturated heterocycles. The molecule has 0 aliphatic carbocycles. The summed E-state index contributed by atoms with van der Waals surface area (Å²) < 4.78 is 4.33. The van der Waals surface area contributed by atoms with Gasteiger partial charge in [0.1, 0.15) is 6.61 Å². The van der Waals surface area contributed by atoms with Crippen LogP contribution in [-0.2, 0) is 4.74 Å². The lowest BCUT2D eigenvalue weighted by atomic mass is 10.8. The number of nitriles is 1. The highest BCUT2D eigenvalue weighted by Crippen LogP contribution is 1.54. The lowest BCUT2D eigenvalue weighted by Gasteiger charge is -1.74. The van der Waals surface area contributed by atoms with Crippen molar-refractivity contribution in [3.05, 3.63) is 0 Å². The summed E-state index contributed by atoms with van der Waals surface area (Å²) in [5.41, 5.74) is 0. The van der Waals surface area contributed by atoms with Crippen LogP contribution in [0.1, 0.15) is 13.8 Å². The molecule has 0 aromatic carbocycles. The van der Waals surface area contributed by atoms with Crippen molar-refractivity contribution in [2.45, 2.75) is 13.8 Å². The fraction of sp³-hybridized carbons (Fsp3) is 0.800. The Morgan fingerprint density at radius 1 is 1.57 bits per heavy atom. The van der Waals surface area contributed by atoms with Crippen molar-refractivity contribution >= 4 is 0 Å². The monoisotopic (exact) mass is 101 g/mol. The third-order valence-electron chi connectivity index (χ3n) is 0.209. The first-order valence-electron chi connectivity index (χ1n) is 2.27. The van der Waals surface area contributed by atoms with Crippen LogP contribution in [0.15, 0.2) is 0 Å². The molecule has 0 aliphatic rings. The third-order valence-corrected chi connectivity index (χ3v) is 0.209. The maximum atomic E-state index is 7.69. The van der Waals surface area contributed by atoms with Crippen LogP contribution < -0.4 is 0 Å². The Labute approximate surface area is 44.7 Å². The summed E-state index contributed by atoms with van der Waals surface area (Å²) in [5, 5.41) is 7.69. The summed E-state index contributed by atoms with van der Waals surface area (Å²) in [4.78, 5) is 0. The van der Waals surface area contributed by atoms with E-state index in [1.54, 1.807) is 6.07 Å². The summed E-state index contributed by atoms with van der Waals surface area (Å²) in [6, 6.07) is 1.80. The first-order valence-corrected chi connectivity index (χ1v) is 2.27. The Kier molecular flexibility index (Phi) is 24.8. The van der Waals surface area contributed by atoms with E-state index in [0.717, 1.165) is 0 Å². The van der Waals surface area contributed by atoms with E-state index in [9.17, 15) is 0 Å². The highest BCUT2D eigenvalue weighted by Gasteiger charge is 1.62. The zero-order chi connectivity index (χ0) is 6.12. The number of methoxy groups -OCH3 is 1. The SMILES string of the molecule is CC.COCC#N. The molecule has 42 valence electrons. The van der Waals surface area contributed by atoms with E-state index in [1.807, 2.05) is 13.8 Å². The Morgan fingerprint density at radius 2 is 2.00 bits per heavy atom. The number of hydrogen-bond donors (Lipinski definition) is 0. The average molecular weight is 101 g/mol. The van der Waals surface area contributed by atoms with Gasteiger partial charge in [-0.15, -0.1) is 0 Å². The Morgan fingerprint density at radius 3 is 2.00 bits per heavy atom. The van der Waals surface area contributed by atoms with Gasteiger partial charge in [0.25, 0.3) is 0 Å². The maximum absolute atomic E-state index is 7.69. The van der Waals surface area contributed by atoms with Crippen molar-refractivity contribution in [1.82, 2.24) is 0 Å². The molecule has 0 aromatic heterocycles. The average Bonchev–Trinajstić information content (AvgIpc) is 1.75. The molecular formula is C5H11NO. The van der Waals surface area contributed by atoms with Gasteiger partial charge in [-0.1, -0.05) is 13.8 Å². The normalized spacial score (nSPS) is 5.43. The molecule has 0 fully saturated rings. The summed E-state index contributed by atoms with van der Waals surface area (Å²) in [7, 11) is 1.49. The lowest BCUT2D eigenvalue weighted by Crippen LogP contribution is -1.77. The molecule has 0 aromatic rings. The van der Waals surface area contributed by atoms with E-state index in [1.165, 1.54) is 7.11 Å². The lowest BCUT2D eigenvalue weighted by molar-refractivity contribution is 0.238. The molecule has 0 atom stereocenters. The zero-order valence-corrected chi connectivity index (χ0v) is 5.06. The van der Waals surface area contributed by atoms with Crippen molar-refractivity contribution in [3.63, 3.8) is 0 Å².